The molecule has 1 N–H and O–H groups in total. The minimum Gasteiger partial charge on any atom is -0.340 e. The number of hydrogen-bond acceptors (Lipinski definition) is 2. The molecule has 0 bridgehead atoms. The van der Waals surface area contributed by atoms with Gasteiger partial charge in [0.25, 0.3) is 5.91 Å². The van der Waals surface area contributed by atoms with Gasteiger partial charge in [0.1, 0.15) is 0 Å². The molecule has 0 aliphatic carbocycles. The first-order valence-electron chi connectivity index (χ1n) is 6.01. The van der Waals surface area contributed by atoms with Crippen molar-refractivity contribution in [3.63, 3.8) is 0 Å². The molecule has 0 aromatic heterocycles. The second-order valence-corrected chi connectivity index (χ2v) is 5.90. The number of carbonyl (C=O) groups is 2. The highest BCUT2D eigenvalue weighted by molar-refractivity contribution is 9.10. The maximum atomic E-state index is 12.2. The topological polar surface area (TPSA) is 46.2 Å². The maximum Gasteiger partial charge on any atom is 0.252 e. The molecule has 104 valence electrons. The van der Waals surface area contributed by atoms with E-state index in [1.165, 1.54) is 0 Å². The van der Waals surface area contributed by atoms with E-state index in [2.05, 4.69) is 21.2 Å². The number of nitrogens with one attached hydrogen (secondary N) is 1. The molecule has 0 aliphatic heterocycles. The Morgan fingerprint density at radius 3 is 2.47 bits per heavy atom. The molecule has 1 rings (SSSR count). The molecule has 19 heavy (non-hydrogen) atoms. The molecule has 1 aromatic carbocycles. The Morgan fingerprint density at radius 1 is 1.37 bits per heavy atom. The Balaban J connectivity index is 2.98. The first kappa shape index (κ1) is 16.2. The molecule has 1 unspecified atom stereocenters. The van der Waals surface area contributed by atoms with E-state index in [4.69, 9.17) is 11.6 Å². The van der Waals surface area contributed by atoms with Crippen molar-refractivity contribution in [2.24, 2.45) is 0 Å². The number of carbonyl (C=O) groups excluding carboxylic acids is 2. The first-order valence-corrected chi connectivity index (χ1v) is 7.34. The van der Waals surface area contributed by atoms with Gasteiger partial charge in [-0.2, -0.15) is 0 Å². The largest absolute Gasteiger partial charge is 0.340 e. The second-order valence-electron chi connectivity index (χ2n) is 4.71. The molecular weight excluding hydrogens is 330 g/mol. The van der Waals surface area contributed by atoms with E-state index in [-0.39, 0.29) is 17.6 Å². The summed E-state index contributed by atoms with van der Waals surface area (Å²) in [5.41, 5.74) is 0.574. The van der Waals surface area contributed by atoms with E-state index in [0.717, 1.165) is 10.0 Å². The van der Waals surface area contributed by atoms with Crippen LogP contribution in [0.1, 0.15) is 36.2 Å². The third-order valence-electron chi connectivity index (χ3n) is 3.14. The lowest BCUT2D eigenvalue weighted by molar-refractivity contribution is -0.122. The van der Waals surface area contributed by atoms with Crippen LogP contribution in [-0.2, 0) is 4.79 Å². The standard InChI is InChI=1S/C14H17BrClNO2/c1-4-14(3,12(18)8-16)17-13(19)10-5-9(2)6-11(15)7-10/h5-7H,4,8H2,1-3H3,(H,17,19). The SMILES string of the molecule is CCC(C)(NC(=O)c1cc(C)cc(Br)c1)C(=O)CCl. The fourth-order valence-corrected chi connectivity index (χ4v) is 2.60. The number of aryl methyl sites for hydroxylation is 1. The van der Waals surface area contributed by atoms with Gasteiger partial charge < -0.3 is 5.32 Å². The van der Waals surface area contributed by atoms with Crippen LogP contribution in [0.25, 0.3) is 0 Å². The van der Waals surface area contributed by atoms with Crippen LogP contribution in [0.15, 0.2) is 22.7 Å². The molecule has 0 spiro atoms. The highest BCUT2D eigenvalue weighted by Gasteiger charge is 2.32. The lowest BCUT2D eigenvalue weighted by atomic mass is 9.93. The van der Waals surface area contributed by atoms with Crippen molar-refractivity contribution in [3.05, 3.63) is 33.8 Å². The molecule has 1 atom stereocenters. The van der Waals surface area contributed by atoms with Crippen LogP contribution < -0.4 is 5.32 Å². The number of rotatable bonds is 5. The van der Waals surface area contributed by atoms with Gasteiger partial charge in [-0.1, -0.05) is 22.9 Å². The van der Waals surface area contributed by atoms with Crippen molar-refractivity contribution in [1.29, 1.82) is 0 Å². The predicted octanol–water partition coefficient (Wildman–Crippen LogP) is 3.46. The summed E-state index contributed by atoms with van der Waals surface area (Å²) >= 11 is 8.94. The van der Waals surface area contributed by atoms with Gasteiger partial charge in [-0.05, 0) is 44.0 Å². The molecule has 1 aromatic rings. The molecule has 0 saturated heterocycles. The summed E-state index contributed by atoms with van der Waals surface area (Å²) in [5, 5.41) is 2.77. The van der Waals surface area contributed by atoms with Crippen LogP contribution in [0.3, 0.4) is 0 Å². The number of amides is 1. The number of ketones is 1. The molecule has 0 fully saturated rings. The average molecular weight is 347 g/mol. The van der Waals surface area contributed by atoms with Crippen molar-refractivity contribution in [3.8, 4) is 0 Å². The summed E-state index contributed by atoms with van der Waals surface area (Å²) < 4.78 is 0.833. The van der Waals surface area contributed by atoms with E-state index < -0.39 is 5.54 Å². The van der Waals surface area contributed by atoms with Crippen LogP contribution in [0.4, 0.5) is 0 Å². The second kappa shape index (κ2) is 6.53. The molecule has 0 heterocycles. The lowest BCUT2D eigenvalue weighted by Crippen LogP contribution is -2.52. The summed E-state index contributed by atoms with van der Waals surface area (Å²) in [6.45, 7) is 5.45. The van der Waals surface area contributed by atoms with Crippen molar-refractivity contribution in [1.82, 2.24) is 5.32 Å². The third kappa shape index (κ3) is 4.05. The summed E-state index contributed by atoms with van der Waals surface area (Å²) in [4.78, 5) is 24.0. The molecular formula is C14H17BrClNO2. The summed E-state index contributed by atoms with van der Waals surface area (Å²) in [6, 6.07) is 5.42. The molecule has 0 aliphatic rings. The summed E-state index contributed by atoms with van der Waals surface area (Å²) in [6.07, 6.45) is 0.497. The van der Waals surface area contributed by atoms with Gasteiger partial charge >= 0.3 is 0 Å². The first-order chi connectivity index (χ1) is 8.82. The highest BCUT2D eigenvalue weighted by Crippen LogP contribution is 2.18. The Hall–Kier alpha value is -0.870. The molecule has 0 radical (unpaired) electrons. The minimum atomic E-state index is -0.922. The lowest BCUT2D eigenvalue weighted by Gasteiger charge is -2.27. The zero-order chi connectivity index (χ0) is 14.6. The van der Waals surface area contributed by atoms with E-state index in [1.807, 2.05) is 19.9 Å². The molecule has 0 saturated carbocycles. The minimum absolute atomic E-state index is 0.109. The van der Waals surface area contributed by atoms with E-state index >= 15 is 0 Å². The number of alkyl halides is 1. The maximum absolute atomic E-state index is 12.2. The van der Waals surface area contributed by atoms with Crippen LogP contribution in [0, 0.1) is 6.92 Å². The Morgan fingerprint density at radius 2 is 2.00 bits per heavy atom. The Kier molecular flexibility index (Phi) is 5.56. The Labute approximate surface area is 126 Å². The third-order valence-corrected chi connectivity index (χ3v) is 3.84. The Bertz CT molecular complexity index is 484. The van der Waals surface area contributed by atoms with Gasteiger partial charge in [-0.15, -0.1) is 11.6 Å². The monoisotopic (exact) mass is 345 g/mol. The van der Waals surface area contributed by atoms with Gasteiger partial charge in [0, 0.05) is 10.0 Å². The number of benzene rings is 1. The zero-order valence-corrected chi connectivity index (χ0v) is 13.6. The highest BCUT2D eigenvalue weighted by atomic mass is 79.9. The fraction of sp³-hybridized carbons (Fsp3) is 0.429. The predicted molar refractivity (Wildman–Crippen MR) is 80.8 cm³/mol. The smallest absolute Gasteiger partial charge is 0.252 e. The normalized spacial score (nSPS) is 13.7. The molecule has 1 amide bonds. The molecule has 5 heteroatoms. The van der Waals surface area contributed by atoms with Crippen molar-refractivity contribution in [2.75, 3.05) is 5.88 Å². The number of Topliss-reactive ketones (excluding diaryl/α,β-unsaturated/α-hetero) is 1. The van der Waals surface area contributed by atoms with Gasteiger partial charge in [0.2, 0.25) is 0 Å². The van der Waals surface area contributed by atoms with Crippen molar-refractivity contribution in [2.45, 2.75) is 32.7 Å². The summed E-state index contributed by atoms with van der Waals surface area (Å²) in [5.74, 6) is -0.564. The van der Waals surface area contributed by atoms with E-state index in [0.29, 0.717) is 12.0 Å². The van der Waals surface area contributed by atoms with Crippen LogP contribution in [-0.4, -0.2) is 23.1 Å². The van der Waals surface area contributed by atoms with Crippen LogP contribution in [0.5, 0.6) is 0 Å². The molecule has 3 nitrogen and oxygen atoms in total. The quantitative estimate of drug-likeness (QED) is 0.830. The van der Waals surface area contributed by atoms with Gasteiger partial charge in [-0.3, -0.25) is 9.59 Å². The van der Waals surface area contributed by atoms with E-state index in [9.17, 15) is 9.59 Å². The number of halogens is 2. The summed E-state index contributed by atoms with van der Waals surface area (Å²) in [7, 11) is 0. The average Bonchev–Trinajstić information content (AvgIpc) is 2.36. The number of hydrogen-bond donors (Lipinski definition) is 1. The van der Waals surface area contributed by atoms with E-state index in [1.54, 1.807) is 19.1 Å². The van der Waals surface area contributed by atoms with Crippen molar-refractivity contribution < 1.29 is 9.59 Å². The van der Waals surface area contributed by atoms with Crippen molar-refractivity contribution >= 4 is 39.2 Å². The zero-order valence-electron chi connectivity index (χ0n) is 11.2. The van der Waals surface area contributed by atoms with Crippen LogP contribution >= 0.6 is 27.5 Å². The van der Waals surface area contributed by atoms with Crippen LogP contribution in [0.2, 0.25) is 0 Å². The fourth-order valence-electron chi connectivity index (χ4n) is 1.69. The van der Waals surface area contributed by atoms with Gasteiger partial charge in [-0.25, -0.2) is 0 Å². The van der Waals surface area contributed by atoms with Gasteiger partial charge in [0.05, 0.1) is 11.4 Å². The van der Waals surface area contributed by atoms with Gasteiger partial charge in [0.15, 0.2) is 5.78 Å².